The first-order valence-electron chi connectivity index (χ1n) is 10.5. The van der Waals surface area contributed by atoms with Crippen molar-refractivity contribution < 1.29 is 9.18 Å². The number of nitrogens with one attached hydrogen (secondary N) is 1. The lowest BCUT2D eigenvalue weighted by Gasteiger charge is -2.65. The van der Waals surface area contributed by atoms with E-state index in [0.29, 0.717) is 30.2 Å². The topological polar surface area (TPSA) is 32.3 Å². The molecule has 0 aromatic carbocycles. The van der Waals surface area contributed by atoms with Crippen LogP contribution in [-0.2, 0) is 4.79 Å². The van der Waals surface area contributed by atoms with Crippen LogP contribution >= 0.6 is 0 Å². The summed E-state index contributed by atoms with van der Waals surface area (Å²) in [4.78, 5) is 16.0. The molecule has 0 aromatic heterocycles. The van der Waals surface area contributed by atoms with E-state index < -0.39 is 0 Å². The number of nitrogens with zero attached hydrogens (tertiary/aromatic N) is 1. The van der Waals surface area contributed by atoms with Crippen molar-refractivity contribution in [2.24, 2.45) is 28.1 Å². The molecule has 4 heteroatoms. The Hall–Kier alpha value is -0.640. The van der Waals surface area contributed by atoms with Crippen LogP contribution in [-0.4, -0.2) is 43.2 Å². The van der Waals surface area contributed by atoms with Crippen LogP contribution in [0.15, 0.2) is 0 Å². The third-order valence-corrected chi connectivity index (χ3v) is 8.54. The summed E-state index contributed by atoms with van der Waals surface area (Å²) >= 11 is 0. The Morgan fingerprint density at radius 3 is 2.60 bits per heavy atom. The fraction of sp³-hybridized carbons (Fsp3) is 0.952. The lowest BCUT2D eigenvalue weighted by atomic mass is 9.39. The number of fused-ring (bicyclic) bond motifs is 3. The summed E-state index contributed by atoms with van der Waals surface area (Å²) in [7, 11) is 0. The molecular weight excluding hydrogens is 315 g/mol. The molecule has 3 nitrogen and oxygen atoms in total. The van der Waals surface area contributed by atoms with Crippen LogP contribution in [0.25, 0.3) is 0 Å². The molecule has 3 aliphatic heterocycles. The number of alkyl halides is 1. The largest absolute Gasteiger partial charge is 0.351 e. The lowest BCUT2D eigenvalue weighted by Crippen LogP contribution is -2.64. The minimum absolute atomic E-state index is 0.106. The van der Waals surface area contributed by atoms with E-state index >= 15 is 0 Å². The fourth-order valence-electron chi connectivity index (χ4n) is 8.32. The van der Waals surface area contributed by atoms with Gasteiger partial charge in [-0.3, -0.25) is 9.18 Å². The Labute approximate surface area is 151 Å². The Kier molecular flexibility index (Phi) is 3.59. The van der Waals surface area contributed by atoms with Gasteiger partial charge in [0, 0.05) is 12.6 Å². The smallest absolute Gasteiger partial charge is 0.226 e. The zero-order valence-corrected chi connectivity index (χ0v) is 15.7. The quantitative estimate of drug-likeness (QED) is 0.843. The average Bonchev–Trinajstić information content (AvgIpc) is 2.53. The fourth-order valence-corrected chi connectivity index (χ4v) is 8.32. The van der Waals surface area contributed by atoms with Crippen molar-refractivity contribution in [3.63, 3.8) is 0 Å². The minimum Gasteiger partial charge on any atom is -0.351 e. The molecular formula is C21H33FN2O. The lowest BCUT2D eigenvalue weighted by molar-refractivity contribution is -0.176. The van der Waals surface area contributed by atoms with Crippen molar-refractivity contribution >= 4 is 5.91 Å². The van der Waals surface area contributed by atoms with Crippen molar-refractivity contribution in [3.8, 4) is 0 Å². The van der Waals surface area contributed by atoms with E-state index in [9.17, 15) is 9.18 Å². The van der Waals surface area contributed by atoms with Gasteiger partial charge in [-0.2, -0.15) is 0 Å². The molecule has 1 N–H and O–H groups in total. The molecule has 7 fully saturated rings. The summed E-state index contributed by atoms with van der Waals surface area (Å²) in [6.45, 7) is 5.62. The Balaban J connectivity index is 1.38. The molecule has 7 aliphatic rings. The van der Waals surface area contributed by atoms with Gasteiger partial charge in [0.2, 0.25) is 5.91 Å². The number of carbonyl (C=O) groups is 1. The van der Waals surface area contributed by atoms with Crippen molar-refractivity contribution in [2.45, 2.75) is 70.8 Å². The molecule has 7 rings (SSSR count). The highest BCUT2D eigenvalue weighted by Crippen LogP contribution is 2.70. The van der Waals surface area contributed by atoms with Gasteiger partial charge in [-0.15, -0.1) is 0 Å². The van der Waals surface area contributed by atoms with Crippen LogP contribution in [0.2, 0.25) is 0 Å². The van der Waals surface area contributed by atoms with Crippen LogP contribution < -0.4 is 5.32 Å². The molecule has 0 radical (unpaired) electrons. The van der Waals surface area contributed by atoms with Gasteiger partial charge in [-0.05, 0) is 93.5 Å². The number of halogens is 1. The predicted octanol–water partition coefficient (Wildman–Crippen LogP) is 3.53. The van der Waals surface area contributed by atoms with Crippen LogP contribution in [0.1, 0.15) is 64.7 Å². The summed E-state index contributed by atoms with van der Waals surface area (Å²) in [6.07, 6.45) is 9.78. The van der Waals surface area contributed by atoms with Crippen molar-refractivity contribution in [1.29, 1.82) is 0 Å². The predicted molar refractivity (Wildman–Crippen MR) is 95.9 cm³/mol. The van der Waals surface area contributed by atoms with E-state index in [1.807, 2.05) is 0 Å². The van der Waals surface area contributed by atoms with E-state index in [2.05, 4.69) is 17.1 Å². The van der Waals surface area contributed by atoms with Gasteiger partial charge in [0.05, 0.1) is 12.1 Å². The maximum absolute atomic E-state index is 13.5. The van der Waals surface area contributed by atoms with E-state index in [-0.39, 0.29) is 22.9 Å². The summed E-state index contributed by atoms with van der Waals surface area (Å²) in [5.41, 5.74) is 0.172. The van der Waals surface area contributed by atoms with Crippen LogP contribution in [0, 0.1) is 28.1 Å². The number of piperidine rings is 3. The van der Waals surface area contributed by atoms with Gasteiger partial charge in [0.1, 0.15) is 0 Å². The number of rotatable bonds is 4. The third-order valence-electron chi connectivity index (χ3n) is 8.54. The maximum Gasteiger partial charge on any atom is 0.226 e. The zero-order valence-electron chi connectivity index (χ0n) is 15.7. The molecule has 140 valence electrons. The van der Waals surface area contributed by atoms with Crippen molar-refractivity contribution in [3.05, 3.63) is 0 Å². The molecule has 4 saturated carbocycles. The highest BCUT2D eigenvalue weighted by Gasteiger charge is 2.64. The summed E-state index contributed by atoms with van der Waals surface area (Å²) in [5.74, 6) is 1.65. The first-order valence-corrected chi connectivity index (χ1v) is 10.5. The SMILES string of the molecule is C[C@]12CC3CC(C(=O)N[C@H]4CN5CCC4CC5)(C1)C[C@@](CCF)(C3)C2. The third kappa shape index (κ3) is 2.57. The van der Waals surface area contributed by atoms with Gasteiger partial charge >= 0.3 is 0 Å². The van der Waals surface area contributed by atoms with Gasteiger partial charge < -0.3 is 10.2 Å². The zero-order chi connectivity index (χ0) is 17.3. The minimum atomic E-state index is -0.222. The monoisotopic (exact) mass is 348 g/mol. The van der Waals surface area contributed by atoms with E-state index in [4.69, 9.17) is 0 Å². The number of hydrogen-bond acceptors (Lipinski definition) is 2. The van der Waals surface area contributed by atoms with E-state index in [0.717, 1.165) is 32.2 Å². The molecule has 5 atom stereocenters. The molecule has 4 aliphatic carbocycles. The van der Waals surface area contributed by atoms with Crippen LogP contribution in [0.3, 0.4) is 0 Å². The molecule has 0 aromatic rings. The Bertz CT molecular complexity index is 574. The molecule has 1 amide bonds. The number of amides is 1. The highest BCUT2D eigenvalue weighted by molar-refractivity contribution is 5.83. The second kappa shape index (κ2) is 5.43. The number of hydrogen-bond donors (Lipinski definition) is 1. The van der Waals surface area contributed by atoms with Gasteiger partial charge in [-0.1, -0.05) is 6.92 Å². The van der Waals surface area contributed by atoms with Crippen LogP contribution in [0.4, 0.5) is 4.39 Å². The summed E-state index contributed by atoms with van der Waals surface area (Å²) in [5, 5.41) is 3.51. The maximum atomic E-state index is 13.5. The first-order chi connectivity index (χ1) is 11.9. The van der Waals surface area contributed by atoms with Crippen molar-refractivity contribution in [2.75, 3.05) is 26.3 Å². The van der Waals surface area contributed by atoms with Crippen molar-refractivity contribution in [1.82, 2.24) is 10.2 Å². The molecule has 2 unspecified atom stereocenters. The average molecular weight is 349 g/mol. The summed E-state index contributed by atoms with van der Waals surface area (Å²) in [6, 6.07) is 0.355. The molecule has 3 saturated heterocycles. The molecule has 0 spiro atoms. The second-order valence-corrected chi connectivity index (χ2v) is 10.8. The Morgan fingerprint density at radius 1 is 1.16 bits per heavy atom. The first kappa shape index (κ1) is 16.5. The molecule has 25 heavy (non-hydrogen) atoms. The highest BCUT2D eigenvalue weighted by atomic mass is 19.1. The molecule has 3 heterocycles. The van der Waals surface area contributed by atoms with Crippen LogP contribution in [0.5, 0.6) is 0 Å². The normalized spacial score (nSPS) is 53.2. The second-order valence-electron chi connectivity index (χ2n) is 10.8. The molecule has 6 bridgehead atoms. The van der Waals surface area contributed by atoms with E-state index in [1.165, 1.54) is 38.8 Å². The Morgan fingerprint density at radius 2 is 1.96 bits per heavy atom. The van der Waals surface area contributed by atoms with Gasteiger partial charge in [0.25, 0.3) is 0 Å². The van der Waals surface area contributed by atoms with E-state index in [1.54, 1.807) is 0 Å². The number of carbonyl (C=O) groups excluding carboxylic acids is 1. The van der Waals surface area contributed by atoms with Gasteiger partial charge in [0.15, 0.2) is 0 Å². The standard InChI is InChI=1S/C21H33FN2O/c1-19-8-15-9-20(12-19,4-5-22)14-21(10-15,13-19)18(25)23-17-11-24-6-2-16(17)3-7-24/h15-17H,2-14H2,1H3,(H,23,25)/t15?,17-,19+,20-,21?/m0/s1. The summed E-state index contributed by atoms with van der Waals surface area (Å²) < 4.78 is 13.3. The van der Waals surface area contributed by atoms with Gasteiger partial charge in [-0.25, -0.2) is 0 Å².